The van der Waals surface area contributed by atoms with Gasteiger partial charge in [-0.15, -0.1) is 33.3 Å². The number of nitrogens with one attached hydrogen (secondary N) is 2. The number of thioether (sulfide) groups is 2. The molecule has 4 heterocycles. The molecule has 2 aromatic heterocycles. The second-order valence-corrected chi connectivity index (χ2v) is 10.5. The minimum atomic E-state index is -1.32. The average Bonchev–Trinajstić information content (AvgIpc) is 3.45. The second-order valence-electron chi connectivity index (χ2n) is 7.30. The number of H-pyrrole nitrogens is 1. The number of rotatable bonds is 10. The number of carboxylic acids is 2. The lowest BCUT2D eigenvalue weighted by atomic mass is 9.99. The molecule has 2 aliphatic rings. The number of aromatic amines is 1. The van der Waals surface area contributed by atoms with Crippen molar-refractivity contribution in [2.75, 3.05) is 5.75 Å². The maximum atomic E-state index is 12.9. The van der Waals surface area contributed by atoms with Crippen molar-refractivity contribution in [2.24, 2.45) is 0 Å². The Balaban J connectivity index is 1.53. The van der Waals surface area contributed by atoms with Crippen LogP contribution < -0.4 is 5.32 Å². The standard InChI is InChI=1S/C18H18N6O7S3/c25-10(5-7-3-4-32-17(7)31)19-12-14(28)24-13(16(29)30)8(6-33-15(12)24)9(1-2-11(26)27)34-18-20-22-23-21-18/h3-4,9,12,15,31H,1-2,5-6H2,(H,19,25)(H,26,27)(H,29,30)(H,20,21,22,23)/t9?,12?,15-/m0/s1. The molecule has 3 atom stereocenters. The van der Waals surface area contributed by atoms with Gasteiger partial charge in [0.25, 0.3) is 5.91 Å². The summed E-state index contributed by atoms with van der Waals surface area (Å²) in [6.45, 7) is 0. The van der Waals surface area contributed by atoms with Crippen molar-refractivity contribution in [1.82, 2.24) is 30.8 Å². The molecule has 180 valence electrons. The third-order valence-electron chi connectivity index (χ3n) is 5.17. The predicted molar refractivity (Wildman–Crippen MR) is 120 cm³/mol. The molecule has 2 amide bonds. The van der Waals surface area contributed by atoms with Crippen LogP contribution in [0.5, 0.6) is 5.06 Å². The van der Waals surface area contributed by atoms with Gasteiger partial charge in [-0.1, -0.05) is 11.8 Å². The van der Waals surface area contributed by atoms with Crippen LogP contribution in [0.4, 0.5) is 0 Å². The van der Waals surface area contributed by atoms with Gasteiger partial charge in [0.15, 0.2) is 5.06 Å². The maximum absolute atomic E-state index is 12.9. The molecule has 1 saturated heterocycles. The third kappa shape index (κ3) is 4.88. The zero-order chi connectivity index (χ0) is 24.4. The zero-order valence-electron chi connectivity index (χ0n) is 17.2. The number of hydrogen-bond acceptors (Lipinski definition) is 11. The summed E-state index contributed by atoms with van der Waals surface area (Å²) in [7, 11) is 0. The molecule has 0 saturated carbocycles. The first-order chi connectivity index (χ1) is 16.3. The van der Waals surface area contributed by atoms with E-state index in [4.69, 9.17) is 5.11 Å². The number of carbonyl (C=O) groups excluding carboxylic acids is 2. The molecule has 0 radical (unpaired) electrons. The molecule has 13 nitrogen and oxygen atoms in total. The molecular weight excluding hydrogens is 508 g/mol. The van der Waals surface area contributed by atoms with Crippen LogP contribution in [-0.4, -0.2) is 87.0 Å². The number of fused-ring (bicyclic) bond motifs is 1. The van der Waals surface area contributed by atoms with Crippen LogP contribution in [0.15, 0.2) is 27.9 Å². The summed E-state index contributed by atoms with van der Waals surface area (Å²) in [4.78, 5) is 49.7. The Bertz CT molecular complexity index is 1150. The molecule has 0 bridgehead atoms. The van der Waals surface area contributed by atoms with E-state index in [0.717, 1.165) is 28.0 Å². The van der Waals surface area contributed by atoms with Crippen molar-refractivity contribution in [1.29, 1.82) is 0 Å². The van der Waals surface area contributed by atoms with Crippen molar-refractivity contribution < 1.29 is 34.5 Å². The van der Waals surface area contributed by atoms with Crippen LogP contribution in [0.3, 0.4) is 0 Å². The molecule has 2 aliphatic heterocycles. The van der Waals surface area contributed by atoms with Gasteiger partial charge in [-0.05, 0) is 28.7 Å². The SMILES string of the molecule is O=C(O)CCC(Sc1nn[nH]n1)C1=C(C(=O)O)N2C(=O)C(NC(=O)Cc3ccsc3O)[C@@H]2SC1. The Morgan fingerprint density at radius 2 is 2.15 bits per heavy atom. The molecule has 5 N–H and O–H groups in total. The number of amides is 2. The van der Waals surface area contributed by atoms with Gasteiger partial charge in [-0.25, -0.2) is 4.79 Å². The Morgan fingerprint density at radius 3 is 2.76 bits per heavy atom. The van der Waals surface area contributed by atoms with E-state index in [2.05, 4.69) is 25.9 Å². The lowest BCUT2D eigenvalue weighted by Gasteiger charge is -2.50. The van der Waals surface area contributed by atoms with Gasteiger partial charge in [0.2, 0.25) is 11.1 Å². The molecule has 0 aliphatic carbocycles. The highest BCUT2D eigenvalue weighted by Crippen LogP contribution is 2.44. The Kier molecular flexibility index (Phi) is 7.08. The number of tetrazole rings is 1. The van der Waals surface area contributed by atoms with E-state index in [0.29, 0.717) is 11.1 Å². The van der Waals surface area contributed by atoms with Gasteiger partial charge in [0.1, 0.15) is 17.1 Å². The van der Waals surface area contributed by atoms with Gasteiger partial charge >= 0.3 is 11.9 Å². The lowest BCUT2D eigenvalue weighted by Crippen LogP contribution is -2.70. The Hall–Kier alpha value is -3.11. The van der Waals surface area contributed by atoms with E-state index >= 15 is 0 Å². The van der Waals surface area contributed by atoms with E-state index in [1.807, 2.05) is 0 Å². The number of β-lactam (4-membered cyclic amide) rings is 1. The minimum absolute atomic E-state index is 0.0241. The summed E-state index contributed by atoms with van der Waals surface area (Å²) in [5, 5.41) is 45.5. The fourth-order valence-electron chi connectivity index (χ4n) is 3.64. The van der Waals surface area contributed by atoms with Gasteiger partial charge in [-0.2, -0.15) is 5.21 Å². The van der Waals surface area contributed by atoms with E-state index in [1.165, 1.54) is 11.8 Å². The lowest BCUT2D eigenvalue weighted by molar-refractivity contribution is -0.150. The first-order valence-electron chi connectivity index (χ1n) is 9.84. The highest BCUT2D eigenvalue weighted by Gasteiger charge is 2.54. The van der Waals surface area contributed by atoms with Gasteiger partial charge in [-0.3, -0.25) is 19.3 Å². The zero-order valence-corrected chi connectivity index (χ0v) is 19.7. The van der Waals surface area contributed by atoms with E-state index < -0.39 is 40.4 Å². The topological polar surface area (TPSA) is 199 Å². The first-order valence-corrected chi connectivity index (χ1v) is 12.6. The predicted octanol–water partition coefficient (Wildman–Crippen LogP) is 0.274. The number of aromatic hydroxyl groups is 1. The molecule has 0 spiro atoms. The number of nitrogens with zero attached hydrogens (tertiary/aromatic N) is 4. The Labute approximate surface area is 204 Å². The normalized spacial score (nSPS) is 20.5. The molecule has 16 heteroatoms. The van der Waals surface area contributed by atoms with Crippen LogP contribution in [0, 0.1) is 0 Å². The Morgan fingerprint density at radius 1 is 1.35 bits per heavy atom. The molecular formula is C18H18N6O7S3. The van der Waals surface area contributed by atoms with E-state index in [1.54, 1.807) is 11.4 Å². The van der Waals surface area contributed by atoms with Gasteiger partial charge in [0.05, 0.1) is 6.42 Å². The summed E-state index contributed by atoms with van der Waals surface area (Å²) in [5.74, 6) is -3.20. The maximum Gasteiger partial charge on any atom is 0.352 e. The largest absolute Gasteiger partial charge is 0.499 e. The van der Waals surface area contributed by atoms with E-state index in [9.17, 15) is 29.4 Å². The number of carboxylic acid groups (broad SMARTS) is 2. The van der Waals surface area contributed by atoms with Crippen molar-refractivity contribution >= 4 is 58.6 Å². The van der Waals surface area contributed by atoms with Crippen LogP contribution in [0.2, 0.25) is 0 Å². The summed E-state index contributed by atoms with van der Waals surface area (Å²) in [5.41, 5.74) is 0.600. The van der Waals surface area contributed by atoms with E-state index in [-0.39, 0.29) is 40.9 Å². The number of carbonyl (C=O) groups is 4. The molecule has 2 aromatic rings. The molecule has 34 heavy (non-hydrogen) atoms. The summed E-state index contributed by atoms with van der Waals surface area (Å²) in [6, 6.07) is 0.705. The van der Waals surface area contributed by atoms with Crippen molar-refractivity contribution in [3.63, 3.8) is 0 Å². The summed E-state index contributed by atoms with van der Waals surface area (Å²) < 4.78 is 0. The van der Waals surface area contributed by atoms with Crippen molar-refractivity contribution in [3.05, 3.63) is 28.3 Å². The summed E-state index contributed by atoms with van der Waals surface area (Å²) >= 11 is 3.43. The number of aromatic nitrogens is 4. The number of aliphatic carboxylic acids is 2. The quantitative estimate of drug-likeness (QED) is 0.209. The van der Waals surface area contributed by atoms with Gasteiger partial charge < -0.3 is 20.6 Å². The fraction of sp³-hybridized carbons (Fsp3) is 0.389. The van der Waals surface area contributed by atoms with Crippen LogP contribution >= 0.6 is 34.9 Å². The van der Waals surface area contributed by atoms with Crippen molar-refractivity contribution in [3.8, 4) is 5.06 Å². The number of thiophene rings is 1. The average molecular weight is 527 g/mol. The highest BCUT2D eigenvalue weighted by atomic mass is 32.2. The fourth-order valence-corrected chi connectivity index (χ4v) is 6.83. The molecule has 0 aromatic carbocycles. The number of hydrogen-bond donors (Lipinski definition) is 5. The van der Waals surface area contributed by atoms with Crippen LogP contribution in [0.25, 0.3) is 0 Å². The second kappa shape index (κ2) is 10.0. The van der Waals surface area contributed by atoms with Crippen molar-refractivity contribution in [2.45, 2.75) is 41.1 Å². The monoisotopic (exact) mass is 526 g/mol. The van der Waals surface area contributed by atoms with Crippen LogP contribution in [-0.2, 0) is 25.6 Å². The molecule has 4 rings (SSSR count). The third-order valence-corrected chi connectivity index (χ3v) is 8.42. The first kappa shape index (κ1) is 24.0. The molecule has 2 unspecified atom stereocenters. The van der Waals surface area contributed by atoms with Crippen LogP contribution in [0.1, 0.15) is 18.4 Å². The van der Waals surface area contributed by atoms with Gasteiger partial charge in [0, 0.05) is 23.0 Å². The highest BCUT2D eigenvalue weighted by molar-refractivity contribution is 8.01. The molecule has 1 fully saturated rings. The minimum Gasteiger partial charge on any atom is -0.499 e. The smallest absolute Gasteiger partial charge is 0.352 e. The summed E-state index contributed by atoms with van der Waals surface area (Å²) in [6.07, 6.45) is -0.234.